The molecule has 4 nitrogen and oxygen atoms in total. The van der Waals surface area contributed by atoms with Crippen LogP contribution in [-0.2, 0) is 0 Å². The van der Waals surface area contributed by atoms with Gasteiger partial charge >= 0.3 is 5.69 Å². The first-order chi connectivity index (χ1) is 9.95. The summed E-state index contributed by atoms with van der Waals surface area (Å²) in [6.07, 6.45) is -0.815. The molecule has 0 saturated heterocycles. The van der Waals surface area contributed by atoms with Crippen molar-refractivity contribution >= 4 is 58.8 Å². The largest absolute Gasteiger partial charge is 0.384 e. The highest BCUT2D eigenvalue weighted by atomic mass is 79.9. The van der Waals surface area contributed by atoms with E-state index < -0.39 is 6.10 Å². The Balaban J connectivity index is 2.14. The SMILES string of the molecule is O=c1[nH]c2cc(Br)c(C(O)c3ccc(Br)cc3Br)cc2[nH]1. The lowest BCUT2D eigenvalue weighted by molar-refractivity contribution is 0.219. The van der Waals surface area contributed by atoms with Gasteiger partial charge in [0.05, 0.1) is 11.0 Å². The first-order valence-corrected chi connectivity index (χ1v) is 8.38. The second-order valence-electron chi connectivity index (χ2n) is 4.57. The second-order valence-corrected chi connectivity index (χ2v) is 7.19. The Kier molecular flexibility index (Phi) is 4.09. The molecular weight excluding hydrogens is 468 g/mol. The summed E-state index contributed by atoms with van der Waals surface area (Å²) in [4.78, 5) is 16.7. The molecule has 0 spiro atoms. The Morgan fingerprint density at radius 3 is 2.19 bits per heavy atom. The number of halogens is 3. The van der Waals surface area contributed by atoms with Crippen LogP contribution in [-0.4, -0.2) is 15.1 Å². The number of aliphatic hydroxyl groups excluding tert-OH is 1. The molecule has 0 amide bonds. The molecule has 1 atom stereocenters. The molecular formula is C14H9Br3N2O2. The van der Waals surface area contributed by atoms with E-state index in [-0.39, 0.29) is 5.69 Å². The molecule has 1 unspecified atom stereocenters. The van der Waals surface area contributed by atoms with Gasteiger partial charge in [0.25, 0.3) is 0 Å². The third-order valence-electron chi connectivity index (χ3n) is 3.18. The van der Waals surface area contributed by atoms with E-state index in [0.29, 0.717) is 16.6 Å². The van der Waals surface area contributed by atoms with Crippen molar-refractivity contribution in [1.29, 1.82) is 0 Å². The summed E-state index contributed by atoms with van der Waals surface area (Å²) in [5.74, 6) is 0. The summed E-state index contributed by atoms with van der Waals surface area (Å²) >= 11 is 10.3. The summed E-state index contributed by atoms with van der Waals surface area (Å²) in [6, 6.07) is 9.13. The zero-order valence-electron chi connectivity index (χ0n) is 10.5. The standard InChI is InChI=1S/C14H9Br3N2O2/c15-6-1-2-7(9(16)3-6)13(20)8-4-11-12(5-10(8)17)19-14(21)18-11/h1-5,13,20H,(H2,18,19,21). The fourth-order valence-corrected chi connectivity index (χ4v) is 4.00. The van der Waals surface area contributed by atoms with Gasteiger partial charge in [-0.3, -0.25) is 0 Å². The van der Waals surface area contributed by atoms with E-state index in [2.05, 4.69) is 57.8 Å². The zero-order valence-corrected chi connectivity index (χ0v) is 15.2. The second kappa shape index (κ2) is 5.72. The van der Waals surface area contributed by atoms with Gasteiger partial charge in [0.1, 0.15) is 6.10 Å². The molecule has 2 aromatic carbocycles. The Hall–Kier alpha value is -0.890. The quantitative estimate of drug-likeness (QED) is 0.518. The molecule has 0 aliphatic heterocycles. The van der Waals surface area contributed by atoms with Crippen molar-refractivity contribution in [3.05, 3.63) is 65.4 Å². The maximum atomic E-state index is 11.3. The van der Waals surface area contributed by atoms with Gasteiger partial charge in [0, 0.05) is 19.0 Å². The predicted molar refractivity (Wildman–Crippen MR) is 92.5 cm³/mol. The summed E-state index contributed by atoms with van der Waals surface area (Å²) in [7, 11) is 0. The Morgan fingerprint density at radius 1 is 0.905 bits per heavy atom. The molecule has 0 fully saturated rings. The summed E-state index contributed by atoms with van der Waals surface area (Å²) in [6.45, 7) is 0. The highest BCUT2D eigenvalue weighted by Gasteiger charge is 2.18. The first-order valence-electron chi connectivity index (χ1n) is 6.00. The maximum Gasteiger partial charge on any atom is 0.323 e. The van der Waals surface area contributed by atoms with Crippen LogP contribution in [0.5, 0.6) is 0 Å². The lowest BCUT2D eigenvalue weighted by Crippen LogP contribution is -2.02. The van der Waals surface area contributed by atoms with Crippen LogP contribution < -0.4 is 5.69 Å². The number of benzene rings is 2. The van der Waals surface area contributed by atoms with Gasteiger partial charge in [-0.15, -0.1) is 0 Å². The normalized spacial score (nSPS) is 12.8. The van der Waals surface area contributed by atoms with E-state index >= 15 is 0 Å². The summed E-state index contributed by atoms with van der Waals surface area (Å²) < 4.78 is 2.46. The number of fused-ring (bicyclic) bond motifs is 1. The number of aromatic nitrogens is 2. The van der Waals surface area contributed by atoms with Crippen LogP contribution in [0.1, 0.15) is 17.2 Å². The van der Waals surface area contributed by atoms with Crippen molar-refractivity contribution in [3.8, 4) is 0 Å². The van der Waals surface area contributed by atoms with E-state index in [0.717, 1.165) is 19.0 Å². The fraction of sp³-hybridized carbons (Fsp3) is 0.0714. The van der Waals surface area contributed by atoms with E-state index in [1.165, 1.54) is 0 Å². The highest BCUT2D eigenvalue weighted by Crippen LogP contribution is 2.35. The van der Waals surface area contributed by atoms with Crippen molar-refractivity contribution < 1.29 is 5.11 Å². The smallest absolute Gasteiger partial charge is 0.323 e. The van der Waals surface area contributed by atoms with Crippen LogP contribution in [0.3, 0.4) is 0 Å². The van der Waals surface area contributed by atoms with E-state index in [1.807, 2.05) is 18.2 Å². The molecule has 1 heterocycles. The van der Waals surface area contributed by atoms with Gasteiger partial charge < -0.3 is 15.1 Å². The molecule has 3 N–H and O–H groups in total. The van der Waals surface area contributed by atoms with E-state index in [4.69, 9.17) is 0 Å². The van der Waals surface area contributed by atoms with Crippen LogP contribution in [0, 0.1) is 0 Å². The van der Waals surface area contributed by atoms with Crippen LogP contribution in [0.2, 0.25) is 0 Å². The van der Waals surface area contributed by atoms with Crippen LogP contribution in [0.25, 0.3) is 11.0 Å². The topological polar surface area (TPSA) is 68.9 Å². The molecule has 7 heteroatoms. The van der Waals surface area contributed by atoms with E-state index in [1.54, 1.807) is 12.1 Å². The Labute approximate surface area is 145 Å². The van der Waals surface area contributed by atoms with E-state index in [9.17, 15) is 9.90 Å². The Morgan fingerprint density at radius 2 is 1.52 bits per heavy atom. The van der Waals surface area contributed by atoms with Crippen LogP contribution in [0.15, 0.2) is 48.5 Å². The molecule has 1 aromatic heterocycles. The number of hydrogen-bond acceptors (Lipinski definition) is 2. The maximum absolute atomic E-state index is 11.3. The molecule has 0 bridgehead atoms. The molecule has 0 radical (unpaired) electrons. The number of rotatable bonds is 2. The van der Waals surface area contributed by atoms with Gasteiger partial charge in [0.15, 0.2) is 0 Å². The molecule has 108 valence electrons. The average Bonchev–Trinajstić information content (AvgIpc) is 2.76. The molecule has 3 rings (SSSR count). The summed E-state index contributed by atoms with van der Waals surface area (Å²) in [5, 5.41) is 10.6. The predicted octanol–water partition coefficient (Wildman–Crippen LogP) is 4.23. The first kappa shape index (κ1) is 15.0. The molecule has 0 aliphatic carbocycles. The Bertz CT molecular complexity index is 886. The van der Waals surface area contributed by atoms with Gasteiger partial charge in [-0.05, 0) is 29.8 Å². The monoisotopic (exact) mass is 474 g/mol. The van der Waals surface area contributed by atoms with Gasteiger partial charge in [0.2, 0.25) is 0 Å². The number of nitrogens with one attached hydrogen (secondary N) is 2. The third kappa shape index (κ3) is 2.88. The van der Waals surface area contributed by atoms with Crippen molar-refractivity contribution in [1.82, 2.24) is 9.97 Å². The zero-order chi connectivity index (χ0) is 15.1. The highest BCUT2D eigenvalue weighted by molar-refractivity contribution is 9.11. The number of hydrogen-bond donors (Lipinski definition) is 3. The number of imidazole rings is 1. The minimum absolute atomic E-state index is 0.270. The van der Waals surface area contributed by atoms with Gasteiger partial charge in [-0.1, -0.05) is 53.9 Å². The van der Waals surface area contributed by atoms with Crippen molar-refractivity contribution in [2.24, 2.45) is 0 Å². The van der Waals surface area contributed by atoms with Crippen molar-refractivity contribution in [3.63, 3.8) is 0 Å². The minimum Gasteiger partial charge on any atom is -0.384 e. The lowest BCUT2D eigenvalue weighted by Gasteiger charge is -2.15. The summed E-state index contributed by atoms with van der Waals surface area (Å²) in [5.41, 5.74) is 2.51. The van der Waals surface area contributed by atoms with Crippen molar-refractivity contribution in [2.75, 3.05) is 0 Å². The van der Waals surface area contributed by atoms with Crippen LogP contribution >= 0.6 is 47.8 Å². The number of aliphatic hydroxyl groups is 1. The van der Waals surface area contributed by atoms with Gasteiger partial charge in [-0.25, -0.2) is 4.79 Å². The number of aromatic amines is 2. The third-order valence-corrected chi connectivity index (χ3v) is 5.05. The van der Waals surface area contributed by atoms with Crippen molar-refractivity contribution in [2.45, 2.75) is 6.10 Å². The minimum atomic E-state index is -0.815. The average molecular weight is 477 g/mol. The lowest BCUT2D eigenvalue weighted by atomic mass is 10.0. The van der Waals surface area contributed by atoms with Crippen LogP contribution in [0.4, 0.5) is 0 Å². The number of H-pyrrole nitrogens is 2. The molecule has 21 heavy (non-hydrogen) atoms. The van der Waals surface area contributed by atoms with Gasteiger partial charge in [-0.2, -0.15) is 0 Å². The molecule has 0 saturated carbocycles. The molecule has 3 aromatic rings. The molecule has 0 aliphatic rings. The fourth-order valence-electron chi connectivity index (χ4n) is 2.17.